The first-order valence-electron chi connectivity index (χ1n) is 12.7. The number of pyridine rings is 1. The number of anilines is 1. The number of carbonyl (C=O) groups is 1. The molecule has 0 spiro atoms. The summed E-state index contributed by atoms with van der Waals surface area (Å²) in [6, 6.07) is 10.8. The number of nitrogens with zero attached hydrogens (tertiary/aromatic N) is 3. The van der Waals surface area contributed by atoms with Crippen molar-refractivity contribution in [1.82, 2.24) is 4.57 Å². The average Bonchev–Trinajstić information content (AvgIpc) is 2.90. The maximum Gasteiger partial charge on any atom is 0.342 e. The van der Waals surface area contributed by atoms with Crippen LogP contribution in [0.3, 0.4) is 0 Å². The van der Waals surface area contributed by atoms with E-state index in [0.29, 0.717) is 35.1 Å². The Morgan fingerprint density at radius 3 is 2.61 bits per heavy atom. The fourth-order valence-electron chi connectivity index (χ4n) is 6.13. The van der Waals surface area contributed by atoms with E-state index in [0.717, 1.165) is 43.4 Å². The summed E-state index contributed by atoms with van der Waals surface area (Å²) in [6.45, 7) is 0.597. The van der Waals surface area contributed by atoms with Crippen molar-refractivity contribution in [2.75, 3.05) is 18.6 Å². The molecule has 0 saturated carbocycles. The number of methoxy groups -OCH3 is 1. The van der Waals surface area contributed by atoms with E-state index >= 15 is 0 Å². The van der Waals surface area contributed by atoms with Gasteiger partial charge in [-0.3, -0.25) is 14.9 Å². The molecule has 2 aromatic carbocycles. The summed E-state index contributed by atoms with van der Waals surface area (Å²) in [7, 11) is 1.63. The molecule has 0 radical (unpaired) electrons. The minimum Gasteiger partial charge on any atom is -0.497 e. The summed E-state index contributed by atoms with van der Waals surface area (Å²) in [5.74, 6) is -0.0651. The second kappa shape index (κ2) is 9.50. The molecule has 6 rings (SSSR count). The molecule has 38 heavy (non-hydrogen) atoms. The highest BCUT2D eigenvalue weighted by Crippen LogP contribution is 2.44. The maximum atomic E-state index is 13.3. The van der Waals surface area contributed by atoms with Crippen LogP contribution in [0.15, 0.2) is 57.4 Å². The van der Waals surface area contributed by atoms with Crippen molar-refractivity contribution in [3.8, 4) is 5.75 Å². The number of rotatable bonds is 6. The van der Waals surface area contributed by atoms with Crippen molar-refractivity contribution in [2.24, 2.45) is 0 Å². The monoisotopic (exact) mass is 533 g/mol. The Morgan fingerprint density at radius 1 is 1.18 bits per heavy atom. The van der Waals surface area contributed by atoms with Crippen LogP contribution in [0.2, 0.25) is 0 Å². The molecule has 0 fully saturated rings. The van der Waals surface area contributed by atoms with E-state index in [1.54, 1.807) is 17.7 Å². The molecule has 1 aliphatic carbocycles. The predicted octanol–water partition coefficient (Wildman–Crippen LogP) is 5.37. The van der Waals surface area contributed by atoms with Crippen LogP contribution in [0.25, 0.3) is 10.9 Å². The molecule has 3 aliphatic rings. The minimum absolute atomic E-state index is 0.0637. The third-order valence-electron chi connectivity index (χ3n) is 8.01. The lowest BCUT2D eigenvalue weighted by molar-refractivity contribution is -0.384. The van der Waals surface area contributed by atoms with Crippen LogP contribution < -0.4 is 15.1 Å². The quantitative estimate of drug-likeness (QED) is 0.255. The van der Waals surface area contributed by atoms with Crippen LogP contribution in [0.5, 0.6) is 5.75 Å². The SMILES string of the molecule is COc1ccc(CC2C3=C(CCCC3)CCN2c2cc3c(=O)c(C(=O)O)c4n(c3cc2[N+](=O)[O-])CS4)cc1. The molecule has 196 valence electrons. The van der Waals surface area contributed by atoms with Crippen molar-refractivity contribution in [3.05, 3.63) is 79.0 Å². The summed E-state index contributed by atoms with van der Waals surface area (Å²) in [6.07, 6.45) is 5.72. The molecule has 1 N–H and O–H groups in total. The number of fused-ring (bicyclic) bond motifs is 3. The van der Waals surface area contributed by atoms with Gasteiger partial charge >= 0.3 is 5.97 Å². The van der Waals surface area contributed by atoms with Gasteiger partial charge in [-0.25, -0.2) is 4.79 Å². The van der Waals surface area contributed by atoms with Gasteiger partial charge < -0.3 is 19.3 Å². The lowest BCUT2D eigenvalue weighted by atomic mass is 9.80. The Balaban J connectivity index is 1.53. The summed E-state index contributed by atoms with van der Waals surface area (Å²) in [5.41, 5.74) is 3.74. The van der Waals surface area contributed by atoms with Crippen molar-refractivity contribution in [3.63, 3.8) is 0 Å². The number of carboxylic acids is 1. The summed E-state index contributed by atoms with van der Waals surface area (Å²) in [4.78, 5) is 39.3. The van der Waals surface area contributed by atoms with Crippen molar-refractivity contribution in [1.29, 1.82) is 0 Å². The zero-order valence-corrected chi connectivity index (χ0v) is 21.8. The van der Waals surface area contributed by atoms with Crippen molar-refractivity contribution >= 4 is 40.0 Å². The second-order valence-electron chi connectivity index (χ2n) is 9.98. The van der Waals surface area contributed by atoms with Crippen molar-refractivity contribution in [2.45, 2.75) is 55.5 Å². The molecule has 9 nitrogen and oxygen atoms in total. The number of hydrogen-bond acceptors (Lipinski definition) is 7. The van der Waals surface area contributed by atoms with E-state index in [1.165, 1.54) is 29.0 Å². The van der Waals surface area contributed by atoms with Gasteiger partial charge in [0.15, 0.2) is 0 Å². The molecule has 0 saturated heterocycles. The third kappa shape index (κ3) is 3.94. The van der Waals surface area contributed by atoms with Crippen LogP contribution in [-0.4, -0.2) is 40.3 Å². The molecule has 10 heteroatoms. The number of aromatic nitrogens is 1. The lowest BCUT2D eigenvalue weighted by Gasteiger charge is -2.42. The van der Waals surface area contributed by atoms with E-state index in [-0.39, 0.29) is 22.7 Å². The number of aromatic carboxylic acids is 1. The molecule has 3 aromatic rings. The molecular formula is C28H27N3O6S. The largest absolute Gasteiger partial charge is 0.497 e. The highest BCUT2D eigenvalue weighted by Gasteiger charge is 2.36. The smallest absolute Gasteiger partial charge is 0.342 e. The normalized spacial score (nSPS) is 18.6. The van der Waals surface area contributed by atoms with Crippen LogP contribution >= 0.6 is 11.8 Å². The number of nitro groups is 1. The molecule has 1 atom stereocenters. The van der Waals surface area contributed by atoms with Gasteiger partial charge in [-0.1, -0.05) is 29.5 Å². The van der Waals surface area contributed by atoms with Gasteiger partial charge in [0.1, 0.15) is 17.0 Å². The first-order valence-corrected chi connectivity index (χ1v) is 13.7. The molecule has 0 bridgehead atoms. The number of carboxylic acid groups (broad SMARTS) is 1. The first-order chi connectivity index (χ1) is 18.4. The van der Waals surface area contributed by atoms with E-state index in [9.17, 15) is 24.8 Å². The van der Waals surface area contributed by atoms with Gasteiger partial charge in [0, 0.05) is 18.0 Å². The maximum absolute atomic E-state index is 13.3. The Morgan fingerprint density at radius 2 is 1.95 bits per heavy atom. The summed E-state index contributed by atoms with van der Waals surface area (Å²) < 4.78 is 7.00. The van der Waals surface area contributed by atoms with E-state index in [1.807, 2.05) is 24.3 Å². The summed E-state index contributed by atoms with van der Waals surface area (Å²) >= 11 is 1.26. The van der Waals surface area contributed by atoms with Crippen LogP contribution in [-0.2, 0) is 12.3 Å². The van der Waals surface area contributed by atoms with Crippen LogP contribution in [0, 0.1) is 10.1 Å². The Bertz CT molecular complexity index is 1580. The van der Waals surface area contributed by atoms with E-state index in [4.69, 9.17) is 4.74 Å². The predicted molar refractivity (Wildman–Crippen MR) is 146 cm³/mol. The molecular weight excluding hydrogens is 506 g/mol. The number of thioether (sulfide) groups is 1. The second-order valence-corrected chi connectivity index (χ2v) is 10.9. The average molecular weight is 534 g/mol. The van der Waals surface area contributed by atoms with Crippen LogP contribution in [0.1, 0.15) is 48.0 Å². The van der Waals surface area contributed by atoms with Gasteiger partial charge in [-0.2, -0.15) is 0 Å². The van der Waals surface area contributed by atoms with Gasteiger partial charge in [0.25, 0.3) is 5.69 Å². The number of hydrogen-bond donors (Lipinski definition) is 1. The van der Waals surface area contributed by atoms with Gasteiger partial charge in [0.05, 0.1) is 34.5 Å². The minimum atomic E-state index is -1.28. The molecule has 0 amide bonds. The molecule has 2 aliphatic heterocycles. The fourth-order valence-corrected chi connectivity index (χ4v) is 7.08. The zero-order valence-electron chi connectivity index (χ0n) is 20.9. The van der Waals surface area contributed by atoms with Crippen molar-refractivity contribution < 1.29 is 19.6 Å². The molecule has 1 unspecified atom stereocenters. The van der Waals surface area contributed by atoms with E-state index < -0.39 is 16.3 Å². The van der Waals surface area contributed by atoms with E-state index in [2.05, 4.69) is 4.90 Å². The summed E-state index contributed by atoms with van der Waals surface area (Å²) in [5, 5.41) is 22.7. The number of nitro benzene ring substituents is 1. The third-order valence-corrected chi connectivity index (χ3v) is 9.10. The van der Waals surface area contributed by atoms with Gasteiger partial charge in [-0.15, -0.1) is 0 Å². The molecule has 3 heterocycles. The van der Waals surface area contributed by atoms with Gasteiger partial charge in [-0.05, 0) is 67.9 Å². The highest BCUT2D eigenvalue weighted by molar-refractivity contribution is 7.99. The standard InChI is InChI=1S/C28H27N3O6S/c1-37-18-8-6-16(7-9-18)12-21-19-5-3-2-4-17(19)10-11-29(21)23-13-20-22(14-24(23)31(35)36)30-15-38-27(30)25(26(20)32)28(33)34/h6-9,13-14,21H,2-5,10-12,15H2,1H3,(H,33,34). The molecule has 1 aromatic heterocycles. The Hall–Kier alpha value is -3.79. The highest BCUT2D eigenvalue weighted by atomic mass is 32.2. The fraction of sp³-hybridized carbons (Fsp3) is 0.357. The first kappa shape index (κ1) is 24.5. The zero-order chi connectivity index (χ0) is 26.6. The number of benzene rings is 2. The lowest BCUT2D eigenvalue weighted by Crippen LogP contribution is -2.44. The van der Waals surface area contributed by atoms with Crippen LogP contribution in [0.4, 0.5) is 11.4 Å². The van der Waals surface area contributed by atoms with Gasteiger partial charge in [0.2, 0.25) is 5.43 Å². The topological polar surface area (TPSA) is 115 Å². The Labute approximate surface area is 222 Å². The number of ether oxygens (including phenoxy) is 1. The Kier molecular flexibility index (Phi) is 6.14.